The number of imidazole rings is 1. The number of hydrogen-bond acceptors (Lipinski definition) is 5. The molecule has 1 aromatic carbocycles. The Morgan fingerprint density at radius 2 is 1.92 bits per heavy atom. The van der Waals surface area contributed by atoms with E-state index in [-0.39, 0.29) is 23.4 Å². The van der Waals surface area contributed by atoms with Crippen molar-refractivity contribution in [3.8, 4) is 0 Å². The van der Waals surface area contributed by atoms with Gasteiger partial charge in [-0.1, -0.05) is 44.2 Å². The highest BCUT2D eigenvalue weighted by molar-refractivity contribution is 7.20. The van der Waals surface area contributed by atoms with Crippen molar-refractivity contribution in [3.63, 3.8) is 0 Å². The van der Waals surface area contributed by atoms with E-state index in [1.807, 2.05) is 10.7 Å². The molecule has 2 atom stereocenters. The topological polar surface area (TPSA) is 42.7 Å². The first-order chi connectivity index (χ1) is 12.3. The first-order valence-corrected chi connectivity index (χ1v) is 9.64. The van der Waals surface area contributed by atoms with E-state index in [0.717, 1.165) is 27.9 Å². The van der Waals surface area contributed by atoms with E-state index in [0.29, 0.717) is 6.54 Å². The molecule has 138 valence electrons. The molecule has 0 aliphatic carbocycles. The van der Waals surface area contributed by atoms with Crippen LogP contribution in [0.15, 0.2) is 30.5 Å². The second kappa shape index (κ2) is 6.32. The van der Waals surface area contributed by atoms with E-state index in [9.17, 15) is 4.39 Å². The van der Waals surface area contributed by atoms with E-state index < -0.39 is 0 Å². The molecule has 1 aliphatic rings. The summed E-state index contributed by atoms with van der Waals surface area (Å²) in [7, 11) is 0. The Hall–Kier alpha value is -1.99. The van der Waals surface area contributed by atoms with Gasteiger partial charge in [-0.05, 0) is 24.6 Å². The minimum absolute atomic E-state index is 0.00867. The number of halogens is 1. The van der Waals surface area contributed by atoms with Crippen LogP contribution in [0, 0.1) is 5.82 Å². The van der Waals surface area contributed by atoms with Gasteiger partial charge in [0.05, 0.1) is 24.5 Å². The summed E-state index contributed by atoms with van der Waals surface area (Å²) < 4.78 is 21.1. The summed E-state index contributed by atoms with van der Waals surface area (Å²) in [5, 5.41) is 5.67. The Morgan fingerprint density at radius 1 is 1.19 bits per heavy atom. The Labute approximate surface area is 156 Å². The highest BCUT2D eigenvalue weighted by atomic mass is 32.1. The molecule has 0 amide bonds. The number of morpholine rings is 1. The predicted molar refractivity (Wildman–Crippen MR) is 101 cm³/mol. The largest absolute Gasteiger partial charge is 0.367 e. The van der Waals surface area contributed by atoms with Crippen molar-refractivity contribution in [2.75, 3.05) is 18.0 Å². The van der Waals surface area contributed by atoms with Crippen LogP contribution in [0.3, 0.4) is 0 Å². The van der Waals surface area contributed by atoms with Crippen LogP contribution in [0.4, 0.5) is 9.52 Å². The van der Waals surface area contributed by atoms with Gasteiger partial charge >= 0.3 is 0 Å². The lowest BCUT2D eigenvalue weighted by atomic mass is 9.93. The molecule has 26 heavy (non-hydrogen) atoms. The summed E-state index contributed by atoms with van der Waals surface area (Å²) in [6, 6.07) is 6.54. The molecule has 1 aliphatic heterocycles. The highest BCUT2D eigenvalue weighted by Gasteiger charge is 2.29. The standard InChI is InChI=1S/C19H23FN4OS/c1-12-9-23(10-15(25-12)13-5-7-14(20)8-6-13)18-22-24-11-16(19(2,3)4)21-17(24)26-18/h5-8,11-12,15H,9-10H2,1-4H3. The van der Waals surface area contributed by atoms with Gasteiger partial charge in [0.2, 0.25) is 10.1 Å². The van der Waals surface area contributed by atoms with E-state index >= 15 is 0 Å². The van der Waals surface area contributed by atoms with Gasteiger partial charge in [-0.25, -0.2) is 13.9 Å². The van der Waals surface area contributed by atoms with Gasteiger partial charge < -0.3 is 9.64 Å². The number of rotatable bonds is 2. The number of fused-ring (bicyclic) bond motifs is 1. The molecule has 2 unspecified atom stereocenters. The van der Waals surface area contributed by atoms with Crippen molar-refractivity contribution in [2.24, 2.45) is 0 Å². The molecule has 0 spiro atoms. The zero-order valence-corrected chi connectivity index (χ0v) is 16.3. The molecule has 5 nitrogen and oxygen atoms in total. The van der Waals surface area contributed by atoms with Crippen molar-refractivity contribution in [3.05, 3.63) is 47.5 Å². The van der Waals surface area contributed by atoms with Crippen molar-refractivity contribution in [2.45, 2.75) is 45.3 Å². The van der Waals surface area contributed by atoms with Crippen LogP contribution in [-0.2, 0) is 10.2 Å². The lowest BCUT2D eigenvalue weighted by Crippen LogP contribution is -2.43. The maximum absolute atomic E-state index is 13.2. The Bertz CT molecular complexity index is 880. The smallest absolute Gasteiger partial charge is 0.214 e. The van der Waals surface area contributed by atoms with E-state index in [4.69, 9.17) is 14.8 Å². The van der Waals surface area contributed by atoms with Crippen molar-refractivity contribution >= 4 is 21.4 Å². The van der Waals surface area contributed by atoms with Crippen LogP contribution in [0.1, 0.15) is 45.1 Å². The van der Waals surface area contributed by atoms with Gasteiger partial charge in [0.25, 0.3) is 0 Å². The Morgan fingerprint density at radius 3 is 2.58 bits per heavy atom. The number of aromatic nitrogens is 3. The van der Waals surface area contributed by atoms with E-state index in [1.165, 1.54) is 12.1 Å². The lowest BCUT2D eigenvalue weighted by Gasteiger charge is -2.36. The predicted octanol–water partition coefficient (Wildman–Crippen LogP) is 4.19. The molecule has 0 bridgehead atoms. The summed E-state index contributed by atoms with van der Waals surface area (Å²) in [6.07, 6.45) is 1.98. The second-order valence-corrected chi connectivity index (χ2v) is 8.81. The lowest BCUT2D eigenvalue weighted by molar-refractivity contribution is -0.0174. The van der Waals surface area contributed by atoms with Gasteiger partial charge in [-0.3, -0.25) is 0 Å². The quantitative estimate of drug-likeness (QED) is 0.674. The third kappa shape index (κ3) is 3.33. The van der Waals surface area contributed by atoms with Crippen LogP contribution in [-0.4, -0.2) is 33.8 Å². The fraction of sp³-hybridized carbons (Fsp3) is 0.474. The number of hydrogen-bond donors (Lipinski definition) is 0. The third-order valence-electron chi connectivity index (χ3n) is 4.57. The van der Waals surface area contributed by atoms with Crippen LogP contribution in [0.2, 0.25) is 0 Å². The van der Waals surface area contributed by atoms with Crippen molar-refractivity contribution < 1.29 is 9.13 Å². The molecule has 0 radical (unpaired) electrons. The molecule has 7 heteroatoms. The summed E-state index contributed by atoms with van der Waals surface area (Å²) in [5.41, 5.74) is 2.04. The zero-order valence-electron chi connectivity index (χ0n) is 15.4. The first-order valence-electron chi connectivity index (χ1n) is 8.82. The van der Waals surface area contributed by atoms with Gasteiger partial charge in [0.1, 0.15) is 11.9 Å². The number of nitrogens with zero attached hydrogens (tertiary/aromatic N) is 4. The normalized spacial score (nSPS) is 21.5. The average molecular weight is 374 g/mol. The molecule has 2 aromatic heterocycles. The minimum atomic E-state index is -0.231. The van der Waals surface area contributed by atoms with E-state index in [2.05, 4.69) is 32.6 Å². The SMILES string of the molecule is CC1CN(c2nn3cc(C(C)(C)C)nc3s2)CC(c2ccc(F)cc2)O1. The Kier molecular flexibility index (Phi) is 4.23. The highest BCUT2D eigenvalue weighted by Crippen LogP contribution is 2.32. The fourth-order valence-electron chi connectivity index (χ4n) is 3.15. The average Bonchev–Trinajstić information content (AvgIpc) is 3.13. The Balaban J connectivity index is 1.59. The van der Waals surface area contributed by atoms with Gasteiger partial charge in [0.15, 0.2) is 0 Å². The van der Waals surface area contributed by atoms with Gasteiger partial charge in [-0.15, -0.1) is 5.10 Å². The molecule has 4 rings (SSSR count). The van der Waals surface area contributed by atoms with Crippen LogP contribution >= 0.6 is 11.3 Å². The number of ether oxygens (including phenoxy) is 1. The molecule has 0 N–H and O–H groups in total. The molecular weight excluding hydrogens is 351 g/mol. The molecule has 1 saturated heterocycles. The molecule has 3 heterocycles. The van der Waals surface area contributed by atoms with Crippen LogP contribution < -0.4 is 4.90 Å². The molecule has 0 saturated carbocycles. The first kappa shape index (κ1) is 17.4. The number of anilines is 1. The minimum Gasteiger partial charge on any atom is -0.367 e. The molecule has 1 fully saturated rings. The van der Waals surface area contributed by atoms with Gasteiger partial charge in [-0.2, -0.15) is 0 Å². The maximum atomic E-state index is 13.2. The van der Waals surface area contributed by atoms with E-state index in [1.54, 1.807) is 23.5 Å². The number of benzene rings is 1. The molecule has 3 aromatic rings. The summed E-state index contributed by atoms with van der Waals surface area (Å²) >= 11 is 1.59. The fourth-order valence-corrected chi connectivity index (χ4v) is 4.05. The monoisotopic (exact) mass is 374 g/mol. The summed E-state index contributed by atoms with van der Waals surface area (Å²) in [5.74, 6) is -0.231. The summed E-state index contributed by atoms with van der Waals surface area (Å²) in [4.78, 5) is 7.86. The molecular formula is C19H23FN4OS. The van der Waals surface area contributed by atoms with Crippen molar-refractivity contribution in [1.29, 1.82) is 0 Å². The second-order valence-electron chi connectivity index (χ2n) is 7.88. The van der Waals surface area contributed by atoms with Crippen LogP contribution in [0.25, 0.3) is 4.96 Å². The van der Waals surface area contributed by atoms with Crippen LogP contribution in [0.5, 0.6) is 0 Å². The summed E-state index contributed by atoms with van der Waals surface area (Å²) in [6.45, 7) is 9.98. The van der Waals surface area contributed by atoms with Crippen molar-refractivity contribution in [1.82, 2.24) is 14.6 Å². The maximum Gasteiger partial charge on any atom is 0.214 e. The van der Waals surface area contributed by atoms with Gasteiger partial charge in [0, 0.05) is 12.0 Å². The zero-order chi connectivity index (χ0) is 18.5. The third-order valence-corrected chi connectivity index (χ3v) is 5.56.